The average Bonchev–Trinajstić information content (AvgIpc) is 3.07. The fourth-order valence-electron chi connectivity index (χ4n) is 3.07. The van der Waals surface area contributed by atoms with Gasteiger partial charge in [-0.3, -0.25) is 5.10 Å². The molecule has 0 aliphatic carbocycles. The van der Waals surface area contributed by atoms with Crippen LogP contribution in [0.1, 0.15) is 28.3 Å². The van der Waals surface area contributed by atoms with Crippen molar-refractivity contribution in [2.24, 2.45) is 0 Å². The molecule has 0 fully saturated rings. The molecule has 2 heterocycles. The van der Waals surface area contributed by atoms with Crippen LogP contribution >= 0.6 is 0 Å². The van der Waals surface area contributed by atoms with Crippen molar-refractivity contribution >= 4 is 10.9 Å². The van der Waals surface area contributed by atoms with Gasteiger partial charge in [0.25, 0.3) is 0 Å². The van der Waals surface area contributed by atoms with Gasteiger partial charge in [0.1, 0.15) is 5.82 Å². The van der Waals surface area contributed by atoms with E-state index in [1.165, 1.54) is 5.56 Å². The third kappa shape index (κ3) is 3.05. The number of nitrogens with zero attached hydrogens (tertiary/aromatic N) is 4. The van der Waals surface area contributed by atoms with Gasteiger partial charge < -0.3 is 0 Å². The molecule has 126 valence electrons. The van der Waals surface area contributed by atoms with E-state index in [0.29, 0.717) is 12.0 Å². The second kappa shape index (κ2) is 6.41. The van der Waals surface area contributed by atoms with E-state index in [-0.39, 0.29) is 0 Å². The number of hydrogen-bond acceptors (Lipinski definition) is 4. The fourth-order valence-corrected chi connectivity index (χ4v) is 3.07. The number of benzene rings is 2. The molecule has 2 aromatic carbocycles. The zero-order valence-electron chi connectivity index (χ0n) is 14.6. The molecule has 26 heavy (non-hydrogen) atoms. The molecule has 1 N–H and O–H groups in total. The Labute approximate surface area is 151 Å². The Morgan fingerprint density at radius 2 is 1.81 bits per heavy atom. The van der Waals surface area contributed by atoms with Crippen molar-refractivity contribution in [2.45, 2.75) is 20.3 Å². The van der Waals surface area contributed by atoms with E-state index in [0.717, 1.165) is 39.4 Å². The van der Waals surface area contributed by atoms with Crippen molar-refractivity contribution in [2.75, 3.05) is 0 Å². The van der Waals surface area contributed by atoms with E-state index < -0.39 is 0 Å². The maximum Gasteiger partial charge on any atom is 0.155 e. The minimum atomic E-state index is 0.651. The second-order valence-electron chi connectivity index (χ2n) is 6.38. The van der Waals surface area contributed by atoms with Crippen LogP contribution in [0.25, 0.3) is 22.2 Å². The quantitative estimate of drug-likeness (QED) is 0.609. The Morgan fingerprint density at radius 3 is 2.50 bits per heavy atom. The van der Waals surface area contributed by atoms with Gasteiger partial charge in [-0.2, -0.15) is 10.4 Å². The van der Waals surface area contributed by atoms with Gasteiger partial charge in [-0.25, -0.2) is 9.97 Å². The zero-order chi connectivity index (χ0) is 18.1. The highest BCUT2D eigenvalue weighted by Gasteiger charge is 2.08. The molecule has 0 aliphatic heterocycles. The van der Waals surface area contributed by atoms with E-state index in [9.17, 15) is 0 Å². The van der Waals surface area contributed by atoms with Crippen LogP contribution in [-0.2, 0) is 6.42 Å². The van der Waals surface area contributed by atoms with Crippen molar-refractivity contribution < 1.29 is 0 Å². The van der Waals surface area contributed by atoms with Crippen LogP contribution in [0.15, 0.2) is 48.5 Å². The monoisotopic (exact) mass is 339 g/mol. The summed E-state index contributed by atoms with van der Waals surface area (Å²) in [4.78, 5) is 9.16. The number of rotatable bonds is 3. The molecule has 0 aliphatic rings. The molecule has 0 bridgehead atoms. The van der Waals surface area contributed by atoms with Gasteiger partial charge in [0.2, 0.25) is 0 Å². The summed E-state index contributed by atoms with van der Waals surface area (Å²) in [6, 6.07) is 18.0. The Bertz CT molecular complexity index is 1130. The normalized spacial score (nSPS) is 10.8. The SMILES string of the molecule is Cc1nc(Cc2ccc3nc(-c4ccc(C#N)cc4)cc(C)c3c2)n[nH]1. The first-order valence-electron chi connectivity index (χ1n) is 8.41. The highest BCUT2D eigenvalue weighted by molar-refractivity contribution is 5.85. The van der Waals surface area contributed by atoms with Crippen molar-refractivity contribution in [3.8, 4) is 17.3 Å². The summed E-state index contributed by atoms with van der Waals surface area (Å²) in [6.45, 7) is 3.99. The van der Waals surface area contributed by atoms with Gasteiger partial charge in [0.15, 0.2) is 5.82 Å². The molecule has 0 atom stereocenters. The molecule has 2 aromatic heterocycles. The van der Waals surface area contributed by atoms with Crippen molar-refractivity contribution in [3.63, 3.8) is 0 Å². The number of aromatic nitrogens is 4. The summed E-state index contributed by atoms with van der Waals surface area (Å²) >= 11 is 0. The lowest BCUT2D eigenvalue weighted by atomic mass is 10.0. The van der Waals surface area contributed by atoms with Gasteiger partial charge in [-0.15, -0.1) is 0 Å². The zero-order valence-corrected chi connectivity index (χ0v) is 14.6. The molecule has 0 saturated heterocycles. The lowest BCUT2D eigenvalue weighted by Crippen LogP contribution is -1.94. The van der Waals surface area contributed by atoms with Crippen molar-refractivity contribution in [1.29, 1.82) is 5.26 Å². The number of H-pyrrole nitrogens is 1. The summed E-state index contributed by atoms with van der Waals surface area (Å²) in [5, 5.41) is 17.2. The Morgan fingerprint density at radius 1 is 1.00 bits per heavy atom. The van der Waals surface area contributed by atoms with E-state index >= 15 is 0 Å². The first kappa shape index (κ1) is 16.0. The van der Waals surface area contributed by atoms with Crippen molar-refractivity contribution in [1.82, 2.24) is 20.2 Å². The van der Waals surface area contributed by atoms with Crippen LogP contribution in [0.4, 0.5) is 0 Å². The maximum atomic E-state index is 8.94. The molecule has 0 amide bonds. The molecule has 0 saturated carbocycles. The predicted molar refractivity (Wildman–Crippen MR) is 101 cm³/mol. The minimum Gasteiger partial charge on any atom is -0.263 e. The van der Waals surface area contributed by atoms with Gasteiger partial charge >= 0.3 is 0 Å². The highest BCUT2D eigenvalue weighted by Crippen LogP contribution is 2.26. The Balaban J connectivity index is 1.71. The number of hydrogen-bond donors (Lipinski definition) is 1. The second-order valence-corrected chi connectivity index (χ2v) is 6.38. The van der Waals surface area contributed by atoms with E-state index in [1.807, 2.05) is 37.3 Å². The molecule has 5 nitrogen and oxygen atoms in total. The number of aromatic amines is 1. The summed E-state index contributed by atoms with van der Waals surface area (Å²) in [5.74, 6) is 1.62. The topological polar surface area (TPSA) is 78.2 Å². The number of nitriles is 1. The van der Waals surface area contributed by atoms with Crippen LogP contribution < -0.4 is 0 Å². The first-order valence-corrected chi connectivity index (χ1v) is 8.41. The molecule has 4 rings (SSSR count). The van der Waals surface area contributed by atoms with Crippen LogP contribution in [-0.4, -0.2) is 20.2 Å². The summed E-state index contributed by atoms with van der Waals surface area (Å²) in [7, 11) is 0. The van der Waals surface area contributed by atoms with Crippen LogP contribution in [0.5, 0.6) is 0 Å². The lowest BCUT2D eigenvalue weighted by molar-refractivity contribution is 0.970. The van der Waals surface area contributed by atoms with Crippen molar-refractivity contribution in [3.05, 3.63) is 76.9 Å². The third-order valence-corrected chi connectivity index (χ3v) is 4.40. The maximum absolute atomic E-state index is 8.94. The standard InChI is InChI=1S/C21H17N5/c1-13-9-20(17-6-3-15(12-22)4-7-17)24-19-8-5-16(10-18(13)19)11-21-23-14(2)25-26-21/h3-10H,11H2,1-2H3,(H,23,25,26). The summed E-state index contributed by atoms with van der Waals surface area (Å²) in [6.07, 6.45) is 0.692. The molecular weight excluding hydrogens is 322 g/mol. The molecule has 0 radical (unpaired) electrons. The number of nitrogens with one attached hydrogen (secondary N) is 1. The molecule has 4 aromatic rings. The van der Waals surface area contributed by atoms with Crippen LogP contribution in [0, 0.1) is 25.2 Å². The number of fused-ring (bicyclic) bond motifs is 1. The summed E-state index contributed by atoms with van der Waals surface area (Å²) < 4.78 is 0. The van der Waals surface area contributed by atoms with Gasteiger partial charge in [-0.1, -0.05) is 18.2 Å². The lowest BCUT2D eigenvalue weighted by Gasteiger charge is -2.08. The summed E-state index contributed by atoms with van der Waals surface area (Å²) in [5.41, 5.74) is 5.86. The smallest absolute Gasteiger partial charge is 0.155 e. The molecule has 0 spiro atoms. The van der Waals surface area contributed by atoms with Crippen LogP contribution in [0.3, 0.4) is 0 Å². The van der Waals surface area contributed by atoms with Crippen LogP contribution in [0.2, 0.25) is 0 Å². The average molecular weight is 339 g/mol. The van der Waals surface area contributed by atoms with Gasteiger partial charge in [-0.05, 0) is 55.3 Å². The molecular formula is C21H17N5. The minimum absolute atomic E-state index is 0.651. The van der Waals surface area contributed by atoms with Gasteiger partial charge in [0.05, 0.1) is 22.8 Å². The predicted octanol–water partition coefficient (Wildman–Crippen LogP) is 4.10. The van der Waals surface area contributed by atoms with E-state index in [2.05, 4.69) is 46.4 Å². The highest BCUT2D eigenvalue weighted by atomic mass is 15.2. The van der Waals surface area contributed by atoms with E-state index in [4.69, 9.17) is 10.2 Å². The Kier molecular flexibility index (Phi) is 3.94. The number of aryl methyl sites for hydroxylation is 2. The molecule has 0 unspecified atom stereocenters. The third-order valence-electron chi connectivity index (χ3n) is 4.40. The fraction of sp³-hybridized carbons (Fsp3) is 0.143. The number of pyridine rings is 1. The van der Waals surface area contributed by atoms with Gasteiger partial charge in [0, 0.05) is 17.4 Å². The molecule has 5 heteroatoms. The first-order chi connectivity index (χ1) is 12.6. The van der Waals surface area contributed by atoms with E-state index in [1.54, 1.807) is 0 Å². The largest absolute Gasteiger partial charge is 0.263 e. The Hall–Kier alpha value is -3.52.